The third kappa shape index (κ3) is 4.80. The molecule has 2 fully saturated rings. The molecule has 2 atom stereocenters. The molecule has 1 N–H and O–H groups in total. The van der Waals surface area contributed by atoms with Gasteiger partial charge in [0.15, 0.2) is 0 Å². The van der Waals surface area contributed by atoms with E-state index in [-0.39, 0.29) is 36.8 Å². The molecule has 0 unspecified atom stereocenters. The quantitative estimate of drug-likeness (QED) is 0.486. The minimum absolute atomic E-state index is 0.0565. The van der Waals surface area contributed by atoms with E-state index in [9.17, 15) is 14.4 Å². The maximum atomic E-state index is 13.7. The van der Waals surface area contributed by atoms with Crippen molar-refractivity contribution in [1.29, 1.82) is 0 Å². The number of methoxy groups -OCH3 is 1. The van der Waals surface area contributed by atoms with Gasteiger partial charge in [0.2, 0.25) is 5.91 Å². The number of allylic oxidation sites excluding steroid dienone is 2. The van der Waals surface area contributed by atoms with Crippen molar-refractivity contribution in [2.45, 2.75) is 44.1 Å². The molecule has 0 aromatic heterocycles. The monoisotopic (exact) mass is 473 g/mol. The zero-order valence-electron chi connectivity index (χ0n) is 19.1. The highest BCUT2D eigenvalue weighted by Crippen LogP contribution is 2.38. The Morgan fingerprint density at radius 3 is 2.61 bits per heavy atom. The van der Waals surface area contributed by atoms with Gasteiger partial charge in [-0.2, -0.15) is 0 Å². The molecule has 2 aliphatic heterocycles. The van der Waals surface area contributed by atoms with Gasteiger partial charge in [-0.3, -0.25) is 14.5 Å². The molecule has 4 rings (SSSR count). The van der Waals surface area contributed by atoms with E-state index in [0.717, 1.165) is 24.8 Å². The molecule has 178 valence electrons. The molecule has 3 aliphatic rings. The van der Waals surface area contributed by atoms with Gasteiger partial charge in [0.1, 0.15) is 5.54 Å². The summed E-state index contributed by atoms with van der Waals surface area (Å²) in [4.78, 5) is 42.7. The lowest BCUT2D eigenvalue weighted by molar-refractivity contribution is -0.139. The molecule has 33 heavy (non-hydrogen) atoms. The Bertz CT molecular complexity index is 928. The molecular weight excluding hydrogens is 442 g/mol. The number of ether oxygens (including phenoxy) is 1. The smallest absolute Gasteiger partial charge is 0.325 e. The molecule has 0 saturated carbocycles. The van der Waals surface area contributed by atoms with Crippen LogP contribution < -0.4 is 5.32 Å². The van der Waals surface area contributed by atoms with E-state index in [2.05, 4.69) is 17.5 Å². The van der Waals surface area contributed by atoms with Crippen LogP contribution in [0.5, 0.6) is 0 Å². The van der Waals surface area contributed by atoms with Gasteiger partial charge < -0.3 is 15.0 Å². The molecule has 1 aromatic rings. The summed E-state index contributed by atoms with van der Waals surface area (Å²) in [7, 11) is 1.55. The topological polar surface area (TPSA) is 79.0 Å². The number of halogens is 1. The van der Waals surface area contributed by atoms with Gasteiger partial charge in [-0.25, -0.2) is 4.79 Å². The number of carbonyl (C=O) groups is 3. The molecule has 7 nitrogen and oxygen atoms in total. The highest BCUT2D eigenvalue weighted by Gasteiger charge is 2.56. The van der Waals surface area contributed by atoms with Gasteiger partial charge in [0.05, 0.1) is 13.2 Å². The first-order valence-corrected chi connectivity index (χ1v) is 12.1. The fourth-order valence-corrected chi connectivity index (χ4v) is 5.58. The number of nitrogens with zero attached hydrogens (tertiary/aromatic N) is 2. The van der Waals surface area contributed by atoms with Crippen molar-refractivity contribution in [2.75, 3.05) is 33.4 Å². The number of imide groups is 1. The van der Waals surface area contributed by atoms with Crippen molar-refractivity contribution in [2.24, 2.45) is 11.8 Å². The predicted octanol–water partition coefficient (Wildman–Crippen LogP) is 3.41. The second-order valence-corrected chi connectivity index (χ2v) is 9.61. The second kappa shape index (κ2) is 10.3. The summed E-state index contributed by atoms with van der Waals surface area (Å²) in [5, 5.41) is 3.62. The highest BCUT2D eigenvalue weighted by atomic mass is 35.5. The fraction of sp³-hybridized carbons (Fsp3) is 0.560. The Morgan fingerprint density at radius 1 is 1.18 bits per heavy atom. The first-order chi connectivity index (χ1) is 16.0. The summed E-state index contributed by atoms with van der Waals surface area (Å²) < 4.78 is 5.11. The Kier molecular flexibility index (Phi) is 7.39. The minimum atomic E-state index is -1.07. The maximum Gasteiger partial charge on any atom is 0.325 e. The highest BCUT2D eigenvalue weighted by molar-refractivity contribution is 6.31. The number of amides is 4. The van der Waals surface area contributed by atoms with E-state index in [0.29, 0.717) is 37.4 Å². The van der Waals surface area contributed by atoms with Gasteiger partial charge in [-0.1, -0.05) is 42.0 Å². The van der Waals surface area contributed by atoms with E-state index in [1.165, 1.54) is 4.90 Å². The molecule has 0 radical (unpaired) electrons. The van der Waals surface area contributed by atoms with Crippen LogP contribution in [0.25, 0.3) is 0 Å². The van der Waals surface area contributed by atoms with Crippen molar-refractivity contribution >= 4 is 29.4 Å². The zero-order chi connectivity index (χ0) is 23.4. The van der Waals surface area contributed by atoms with Crippen molar-refractivity contribution in [3.63, 3.8) is 0 Å². The van der Waals surface area contributed by atoms with Crippen LogP contribution in [-0.4, -0.2) is 66.5 Å². The maximum absolute atomic E-state index is 13.7. The molecule has 0 bridgehead atoms. The van der Waals surface area contributed by atoms with Crippen molar-refractivity contribution in [1.82, 2.24) is 15.1 Å². The van der Waals surface area contributed by atoms with Crippen LogP contribution in [0.15, 0.2) is 36.4 Å². The van der Waals surface area contributed by atoms with Gasteiger partial charge >= 0.3 is 6.03 Å². The fourth-order valence-electron chi connectivity index (χ4n) is 5.38. The lowest BCUT2D eigenvalue weighted by atomic mass is 9.73. The predicted molar refractivity (Wildman–Crippen MR) is 126 cm³/mol. The van der Waals surface area contributed by atoms with Gasteiger partial charge in [0.25, 0.3) is 5.91 Å². The molecule has 1 aromatic carbocycles. The Labute approximate surface area is 200 Å². The van der Waals surface area contributed by atoms with E-state index in [4.69, 9.17) is 16.3 Å². The summed E-state index contributed by atoms with van der Waals surface area (Å²) in [6.45, 7) is 1.67. The van der Waals surface area contributed by atoms with Crippen LogP contribution >= 0.6 is 11.6 Å². The lowest BCUT2D eigenvalue weighted by Gasteiger charge is -2.42. The minimum Gasteiger partial charge on any atom is -0.383 e. The van der Waals surface area contributed by atoms with Crippen molar-refractivity contribution < 1.29 is 19.1 Å². The lowest BCUT2D eigenvalue weighted by Crippen LogP contribution is -2.58. The van der Waals surface area contributed by atoms with Crippen molar-refractivity contribution in [3.8, 4) is 0 Å². The number of hydrogen-bond acceptors (Lipinski definition) is 4. The standard InChI is InChI=1S/C25H32ClN3O4/c1-33-16-15-29-23(31)25(27-24(29)32,17-19-9-5-6-10-21(19)26)20-11-13-28(14-12-20)22(30)18-7-3-2-4-8-18/h2-3,5-6,9-10,18,20H,4,7-8,11-17H2,1H3,(H,27,32)/t18-,25+/m1/s1. The summed E-state index contributed by atoms with van der Waals surface area (Å²) in [5.41, 5.74) is -0.243. The summed E-state index contributed by atoms with van der Waals surface area (Å²) >= 11 is 6.44. The van der Waals surface area contributed by atoms with Gasteiger partial charge in [0, 0.05) is 37.6 Å². The first kappa shape index (κ1) is 23.8. The van der Waals surface area contributed by atoms with E-state index in [1.807, 2.05) is 23.1 Å². The molecular formula is C25H32ClN3O4. The molecule has 4 amide bonds. The van der Waals surface area contributed by atoms with E-state index < -0.39 is 11.6 Å². The second-order valence-electron chi connectivity index (χ2n) is 9.20. The number of rotatable bonds is 7. The molecule has 8 heteroatoms. The third-order valence-electron chi connectivity index (χ3n) is 7.27. The Morgan fingerprint density at radius 2 is 1.94 bits per heavy atom. The van der Waals surface area contributed by atoms with Crippen LogP contribution in [0.2, 0.25) is 5.02 Å². The molecule has 2 saturated heterocycles. The number of nitrogens with one attached hydrogen (secondary N) is 1. The zero-order valence-corrected chi connectivity index (χ0v) is 19.9. The molecule has 2 heterocycles. The Balaban J connectivity index is 1.54. The van der Waals surface area contributed by atoms with E-state index in [1.54, 1.807) is 13.2 Å². The number of likely N-dealkylation sites (tertiary alicyclic amines) is 1. The number of benzene rings is 1. The van der Waals surface area contributed by atoms with E-state index >= 15 is 0 Å². The molecule has 1 aliphatic carbocycles. The summed E-state index contributed by atoms with van der Waals surface area (Å²) in [5.74, 6) is -0.0535. The summed E-state index contributed by atoms with van der Waals surface area (Å²) in [6, 6.07) is 7.05. The third-order valence-corrected chi connectivity index (χ3v) is 7.64. The van der Waals surface area contributed by atoms with Gasteiger partial charge in [-0.05, 0) is 49.7 Å². The SMILES string of the molecule is COCCN1C(=O)N[C@@](Cc2ccccc2Cl)(C2CCN(C(=O)[C@@H]3CC=CCC3)CC2)C1=O. The van der Waals surface area contributed by atoms with Crippen LogP contribution in [0, 0.1) is 11.8 Å². The van der Waals surface area contributed by atoms with Crippen LogP contribution in [0.1, 0.15) is 37.7 Å². The Hall–Kier alpha value is -2.38. The van der Waals surface area contributed by atoms with Crippen molar-refractivity contribution in [3.05, 3.63) is 47.0 Å². The number of piperidine rings is 1. The van der Waals surface area contributed by atoms with Crippen LogP contribution in [0.4, 0.5) is 4.79 Å². The number of urea groups is 1. The average molecular weight is 474 g/mol. The van der Waals surface area contributed by atoms with Crippen LogP contribution in [-0.2, 0) is 20.7 Å². The van der Waals surface area contributed by atoms with Crippen LogP contribution in [0.3, 0.4) is 0 Å². The molecule has 0 spiro atoms. The number of hydrogen-bond donors (Lipinski definition) is 1. The first-order valence-electron chi connectivity index (χ1n) is 11.8. The number of carbonyl (C=O) groups excluding carboxylic acids is 3. The largest absolute Gasteiger partial charge is 0.383 e. The normalized spacial score (nSPS) is 26.1. The summed E-state index contributed by atoms with van der Waals surface area (Å²) in [6.07, 6.45) is 8.52. The average Bonchev–Trinajstić information content (AvgIpc) is 3.09. The van der Waals surface area contributed by atoms with Gasteiger partial charge in [-0.15, -0.1) is 0 Å².